The normalized spacial score (nSPS) is 14.2. The molecule has 0 aliphatic heterocycles. The van der Waals surface area contributed by atoms with Crippen molar-refractivity contribution in [2.24, 2.45) is 5.73 Å². The Bertz CT molecular complexity index is 501. The van der Waals surface area contributed by atoms with Crippen molar-refractivity contribution < 1.29 is 26.3 Å². The van der Waals surface area contributed by atoms with Gasteiger partial charge in [-0.1, -0.05) is 5.57 Å². The molecule has 1 nitrogen and oxygen atoms in total. The van der Waals surface area contributed by atoms with Gasteiger partial charge in [0.15, 0.2) is 0 Å². The van der Waals surface area contributed by atoms with E-state index in [4.69, 9.17) is 5.73 Å². The predicted molar refractivity (Wildman–Crippen MR) is 62.8 cm³/mol. The van der Waals surface area contributed by atoms with Crippen LogP contribution in [0.4, 0.5) is 26.3 Å². The maximum Gasteiger partial charge on any atom is 0.416 e. The fourth-order valence-corrected chi connectivity index (χ4v) is 1.79. The highest BCUT2D eigenvalue weighted by Crippen LogP contribution is 2.39. The molecule has 112 valence electrons. The molecule has 20 heavy (non-hydrogen) atoms. The van der Waals surface area contributed by atoms with Gasteiger partial charge in [0.2, 0.25) is 0 Å². The Labute approximate surface area is 112 Å². The van der Waals surface area contributed by atoms with E-state index in [1.165, 1.54) is 0 Å². The largest absolute Gasteiger partial charge is 0.416 e. The molecule has 0 saturated carbocycles. The van der Waals surface area contributed by atoms with Crippen LogP contribution in [0.3, 0.4) is 0 Å². The van der Waals surface area contributed by atoms with Crippen LogP contribution in [0.1, 0.15) is 36.1 Å². The molecule has 0 aliphatic rings. The lowest BCUT2D eigenvalue weighted by atomic mass is 9.94. The third-order valence-electron chi connectivity index (χ3n) is 2.65. The Morgan fingerprint density at radius 1 is 1.15 bits per heavy atom. The first-order valence-corrected chi connectivity index (χ1v) is 5.61. The van der Waals surface area contributed by atoms with Crippen LogP contribution in [-0.4, -0.2) is 0 Å². The molecule has 0 heterocycles. The quantitative estimate of drug-likeness (QED) is 0.635. The fraction of sp³-hybridized carbons (Fsp3) is 0.385. The molecule has 1 rings (SSSR count). The summed E-state index contributed by atoms with van der Waals surface area (Å²) >= 11 is 0. The van der Waals surface area contributed by atoms with Crippen molar-refractivity contribution in [3.8, 4) is 0 Å². The maximum atomic E-state index is 12.8. The van der Waals surface area contributed by atoms with Gasteiger partial charge in [0.05, 0.1) is 11.1 Å². The summed E-state index contributed by atoms with van der Waals surface area (Å²) in [5.74, 6) is 0. The molecule has 0 saturated heterocycles. The first-order chi connectivity index (χ1) is 8.93. The summed E-state index contributed by atoms with van der Waals surface area (Å²) in [5, 5.41) is 0. The average Bonchev–Trinajstić information content (AvgIpc) is 2.24. The Kier molecular flexibility index (Phi) is 4.53. The van der Waals surface area contributed by atoms with Crippen molar-refractivity contribution in [2.45, 2.75) is 31.7 Å². The van der Waals surface area contributed by atoms with Gasteiger partial charge < -0.3 is 5.73 Å². The van der Waals surface area contributed by atoms with Crippen molar-refractivity contribution in [2.75, 3.05) is 0 Å². The van der Waals surface area contributed by atoms with Crippen LogP contribution in [0, 0.1) is 0 Å². The number of hydrogen-bond donors (Lipinski definition) is 1. The molecular formula is C13H13F6N. The lowest BCUT2D eigenvalue weighted by Crippen LogP contribution is -2.19. The van der Waals surface area contributed by atoms with Gasteiger partial charge in [-0.3, -0.25) is 0 Å². The van der Waals surface area contributed by atoms with Crippen molar-refractivity contribution in [3.63, 3.8) is 0 Å². The highest BCUT2D eigenvalue weighted by molar-refractivity contribution is 5.38. The standard InChI is InChI=1S/C13H13F6N/c1-7(2)5-11(20)9-6-8(12(14,15)16)3-4-10(9)13(17,18)19/h3-4,6,11H,1,5,20H2,2H3/t11-/m0/s1. The molecule has 0 aromatic heterocycles. The summed E-state index contributed by atoms with van der Waals surface area (Å²) in [4.78, 5) is 0. The van der Waals surface area contributed by atoms with Crippen molar-refractivity contribution >= 4 is 0 Å². The number of rotatable bonds is 3. The second-order valence-electron chi connectivity index (χ2n) is 4.57. The van der Waals surface area contributed by atoms with Crippen LogP contribution in [0.2, 0.25) is 0 Å². The first-order valence-electron chi connectivity index (χ1n) is 5.61. The monoisotopic (exact) mass is 297 g/mol. The fourth-order valence-electron chi connectivity index (χ4n) is 1.79. The molecule has 7 heteroatoms. The third kappa shape index (κ3) is 4.00. The molecule has 1 atom stereocenters. The zero-order valence-corrected chi connectivity index (χ0v) is 10.6. The number of nitrogens with two attached hydrogens (primary N) is 1. The van der Waals surface area contributed by atoms with Gasteiger partial charge in [-0.15, -0.1) is 6.58 Å². The van der Waals surface area contributed by atoms with Crippen molar-refractivity contribution in [3.05, 3.63) is 47.0 Å². The minimum atomic E-state index is -4.76. The van der Waals surface area contributed by atoms with Gasteiger partial charge in [0.1, 0.15) is 0 Å². The summed E-state index contributed by atoms with van der Waals surface area (Å²) < 4.78 is 76.2. The molecule has 0 aliphatic carbocycles. The lowest BCUT2D eigenvalue weighted by molar-refractivity contribution is -0.142. The predicted octanol–water partition coefficient (Wildman–Crippen LogP) is 4.69. The molecule has 0 unspecified atom stereocenters. The van der Waals surface area contributed by atoms with Crippen LogP contribution in [-0.2, 0) is 12.4 Å². The van der Waals surface area contributed by atoms with E-state index < -0.39 is 35.1 Å². The number of hydrogen-bond acceptors (Lipinski definition) is 1. The molecule has 1 aromatic rings. The van der Waals surface area contributed by atoms with Gasteiger partial charge in [-0.05, 0) is 37.1 Å². The second kappa shape index (κ2) is 5.47. The summed E-state index contributed by atoms with van der Waals surface area (Å²) in [6.45, 7) is 5.04. The summed E-state index contributed by atoms with van der Waals surface area (Å²) in [7, 11) is 0. The van der Waals surface area contributed by atoms with E-state index >= 15 is 0 Å². The first kappa shape index (κ1) is 16.6. The minimum absolute atomic E-state index is 0.0234. The topological polar surface area (TPSA) is 26.0 Å². The minimum Gasteiger partial charge on any atom is -0.324 e. The third-order valence-corrected chi connectivity index (χ3v) is 2.65. The van der Waals surface area contributed by atoms with Crippen LogP contribution >= 0.6 is 0 Å². The van der Waals surface area contributed by atoms with Crippen LogP contribution in [0.25, 0.3) is 0 Å². The number of benzene rings is 1. The van der Waals surface area contributed by atoms with Crippen LogP contribution < -0.4 is 5.73 Å². The van der Waals surface area contributed by atoms with Gasteiger partial charge in [-0.2, -0.15) is 26.3 Å². The highest BCUT2D eigenvalue weighted by atomic mass is 19.4. The molecule has 0 fully saturated rings. The Morgan fingerprint density at radius 3 is 2.10 bits per heavy atom. The van der Waals surface area contributed by atoms with Crippen LogP contribution in [0.5, 0.6) is 0 Å². The van der Waals surface area contributed by atoms with E-state index in [2.05, 4.69) is 6.58 Å². The maximum absolute atomic E-state index is 12.8. The molecule has 0 bridgehead atoms. The van der Waals surface area contributed by atoms with E-state index in [1.54, 1.807) is 6.92 Å². The second-order valence-corrected chi connectivity index (χ2v) is 4.57. The van der Waals surface area contributed by atoms with E-state index in [1.807, 2.05) is 0 Å². The van der Waals surface area contributed by atoms with Gasteiger partial charge in [0.25, 0.3) is 0 Å². The molecule has 0 spiro atoms. The van der Waals surface area contributed by atoms with E-state index in [9.17, 15) is 26.3 Å². The molecule has 0 amide bonds. The molecular weight excluding hydrogens is 284 g/mol. The summed E-state index contributed by atoms with van der Waals surface area (Å²) in [6, 6.07) is 0.0820. The number of alkyl halides is 6. The van der Waals surface area contributed by atoms with E-state index in [0.717, 1.165) is 0 Å². The van der Waals surface area contributed by atoms with Crippen molar-refractivity contribution in [1.82, 2.24) is 0 Å². The van der Waals surface area contributed by atoms with Crippen molar-refractivity contribution in [1.29, 1.82) is 0 Å². The zero-order chi connectivity index (χ0) is 15.7. The summed E-state index contributed by atoms with van der Waals surface area (Å²) in [6.07, 6.45) is -9.50. The molecule has 2 N–H and O–H groups in total. The van der Waals surface area contributed by atoms with Crippen LogP contribution in [0.15, 0.2) is 30.4 Å². The van der Waals surface area contributed by atoms with Gasteiger partial charge in [-0.25, -0.2) is 0 Å². The zero-order valence-electron chi connectivity index (χ0n) is 10.6. The Morgan fingerprint density at radius 2 is 1.70 bits per heavy atom. The molecule has 1 aromatic carbocycles. The average molecular weight is 297 g/mol. The SMILES string of the molecule is C=C(C)C[C@H](N)c1cc(C(F)(F)F)ccc1C(F)(F)F. The van der Waals surface area contributed by atoms with Gasteiger partial charge >= 0.3 is 12.4 Å². The summed E-state index contributed by atoms with van der Waals surface area (Å²) in [5.41, 5.74) is 3.18. The lowest BCUT2D eigenvalue weighted by Gasteiger charge is -2.20. The smallest absolute Gasteiger partial charge is 0.324 e. The Hall–Kier alpha value is -1.50. The highest BCUT2D eigenvalue weighted by Gasteiger charge is 2.38. The molecule has 0 radical (unpaired) electrons. The van der Waals surface area contributed by atoms with E-state index in [-0.39, 0.29) is 6.42 Å². The van der Waals surface area contributed by atoms with E-state index in [0.29, 0.717) is 23.8 Å². The number of halogens is 6. The Balaban J connectivity index is 3.37. The van der Waals surface area contributed by atoms with Gasteiger partial charge in [0, 0.05) is 6.04 Å².